The molecule has 1 atom stereocenters. The number of aryl methyl sites for hydroxylation is 1. The number of anilines is 1. The molecule has 0 aliphatic carbocycles. The largest absolute Gasteiger partial charge is 0.494 e. The van der Waals surface area contributed by atoms with Crippen molar-refractivity contribution < 1.29 is 14.3 Å². The highest BCUT2D eigenvalue weighted by Gasteiger charge is 2.35. The van der Waals surface area contributed by atoms with Crippen LogP contribution in [0.1, 0.15) is 24.5 Å². The monoisotopic (exact) mass is 352 g/mol. The van der Waals surface area contributed by atoms with Gasteiger partial charge in [0.05, 0.1) is 12.5 Å². The quantitative estimate of drug-likeness (QED) is 0.869. The summed E-state index contributed by atoms with van der Waals surface area (Å²) in [6, 6.07) is 15.4. The van der Waals surface area contributed by atoms with Crippen LogP contribution >= 0.6 is 0 Å². The van der Waals surface area contributed by atoms with Gasteiger partial charge in [-0.25, -0.2) is 0 Å². The van der Waals surface area contributed by atoms with Crippen LogP contribution in [0.5, 0.6) is 5.75 Å². The Balaban J connectivity index is 1.60. The van der Waals surface area contributed by atoms with E-state index in [1.807, 2.05) is 62.4 Å². The minimum atomic E-state index is -0.321. The summed E-state index contributed by atoms with van der Waals surface area (Å²) in [7, 11) is 0. The van der Waals surface area contributed by atoms with Crippen molar-refractivity contribution in [3.05, 3.63) is 59.7 Å². The normalized spacial score (nSPS) is 16.6. The number of hydrogen-bond acceptors (Lipinski definition) is 3. The summed E-state index contributed by atoms with van der Waals surface area (Å²) < 4.78 is 5.43. The van der Waals surface area contributed by atoms with Gasteiger partial charge in [-0.05, 0) is 49.2 Å². The predicted octanol–water partition coefficient (Wildman–Crippen LogP) is 3.06. The predicted molar refractivity (Wildman–Crippen MR) is 101 cm³/mol. The lowest BCUT2D eigenvalue weighted by atomic mass is 10.1. The van der Waals surface area contributed by atoms with Crippen molar-refractivity contribution >= 4 is 17.5 Å². The number of ether oxygens (including phenoxy) is 1. The minimum Gasteiger partial charge on any atom is -0.494 e. The number of benzene rings is 2. The van der Waals surface area contributed by atoms with Gasteiger partial charge < -0.3 is 15.0 Å². The molecule has 0 spiro atoms. The zero-order valence-electron chi connectivity index (χ0n) is 15.2. The van der Waals surface area contributed by atoms with Crippen molar-refractivity contribution in [2.45, 2.75) is 26.8 Å². The minimum absolute atomic E-state index is 0.0230. The standard InChI is InChI=1S/C21H24N2O3/c1-3-26-19-10-8-18(9-11-19)23-14-17(12-20(23)24)21(25)22-13-16-7-5-4-6-15(16)2/h4-11,17H,3,12-14H2,1-2H3,(H,22,25). The summed E-state index contributed by atoms with van der Waals surface area (Å²) in [6.07, 6.45) is 0.243. The van der Waals surface area contributed by atoms with Gasteiger partial charge in [0.15, 0.2) is 0 Å². The molecule has 2 aromatic rings. The van der Waals surface area contributed by atoms with E-state index in [1.54, 1.807) is 4.90 Å². The maximum atomic E-state index is 12.5. The average molecular weight is 352 g/mol. The van der Waals surface area contributed by atoms with E-state index in [4.69, 9.17) is 4.74 Å². The third kappa shape index (κ3) is 4.04. The summed E-state index contributed by atoms with van der Waals surface area (Å²) in [5.74, 6) is 0.355. The third-order valence-electron chi connectivity index (χ3n) is 4.67. The van der Waals surface area contributed by atoms with Crippen LogP contribution in [0.25, 0.3) is 0 Å². The van der Waals surface area contributed by atoms with E-state index in [1.165, 1.54) is 0 Å². The van der Waals surface area contributed by atoms with Crippen LogP contribution in [-0.2, 0) is 16.1 Å². The van der Waals surface area contributed by atoms with Crippen molar-refractivity contribution in [3.63, 3.8) is 0 Å². The number of nitrogens with zero attached hydrogens (tertiary/aromatic N) is 1. The highest BCUT2D eigenvalue weighted by Crippen LogP contribution is 2.27. The van der Waals surface area contributed by atoms with E-state index >= 15 is 0 Å². The molecular formula is C21H24N2O3. The van der Waals surface area contributed by atoms with Crippen LogP contribution in [-0.4, -0.2) is 25.0 Å². The number of carbonyl (C=O) groups is 2. The fourth-order valence-corrected chi connectivity index (χ4v) is 3.16. The van der Waals surface area contributed by atoms with Crippen molar-refractivity contribution in [2.24, 2.45) is 5.92 Å². The number of nitrogens with one attached hydrogen (secondary N) is 1. The summed E-state index contributed by atoms with van der Waals surface area (Å²) in [5.41, 5.74) is 3.03. The Hall–Kier alpha value is -2.82. The van der Waals surface area contributed by atoms with Gasteiger partial charge in [0.2, 0.25) is 11.8 Å². The van der Waals surface area contributed by atoms with Crippen LogP contribution in [0.3, 0.4) is 0 Å². The lowest BCUT2D eigenvalue weighted by Crippen LogP contribution is -2.32. The molecule has 3 rings (SSSR count). The van der Waals surface area contributed by atoms with Crippen molar-refractivity contribution in [1.82, 2.24) is 5.32 Å². The number of amides is 2. The Kier molecular flexibility index (Phi) is 5.56. The fourth-order valence-electron chi connectivity index (χ4n) is 3.16. The molecule has 1 fully saturated rings. The number of hydrogen-bond donors (Lipinski definition) is 1. The van der Waals surface area contributed by atoms with Crippen LogP contribution in [0, 0.1) is 12.8 Å². The molecule has 26 heavy (non-hydrogen) atoms. The summed E-state index contributed by atoms with van der Waals surface area (Å²) in [4.78, 5) is 26.5. The van der Waals surface area contributed by atoms with E-state index in [2.05, 4.69) is 5.32 Å². The zero-order chi connectivity index (χ0) is 18.5. The molecule has 1 unspecified atom stereocenters. The Morgan fingerprint density at radius 2 is 1.92 bits per heavy atom. The maximum Gasteiger partial charge on any atom is 0.227 e. The maximum absolute atomic E-state index is 12.5. The van der Waals surface area contributed by atoms with Gasteiger partial charge in [-0.15, -0.1) is 0 Å². The second kappa shape index (κ2) is 8.04. The molecule has 0 aromatic heterocycles. The molecule has 1 heterocycles. The van der Waals surface area contributed by atoms with Crippen LogP contribution < -0.4 is 15.0 Å². The highest BCUT2D eigenvalue weighted by molar-refractivity contribution is 6.00. The Morgan fingerprint density at radius 3 is 2.62 bits per heavy atom. The van der Waals surface area contributed by atoms with Gasteiger partial charge in [0, 0.05) is 25.2 Å². The van der Waals surface area contributed by atoms with E-state index in [9.17, 15) is 9.59 Å². The van der Waals surface area contributed by atoms with Crippen molar-refractivity contribution in [1.29, 1.82) is 0 Å². The SMILES string of the molecule is CCOc1ccc(N2CC(C(=O)NCc3ccccc3C)CC2=O)cc1. The first-order valence-corrected chi connectivity index (χ1v) is 8.94. The molecule has 1 aliphatic heterocycles. The van der Waals surface area contributed by atoms with Crippen LogP contribution in [0.15, 0.2) is 48.5 Å². The third-order valence-corrected chi connectivity index (χ3v) is 4.67. The van der Waals surface area contributed by atoms with Gasteiger partial charge in [-0.1, -0.05) is 24.3 Å². The van der Waals surface area contributed by atoms with E-state index in [-0.39, 0.29) is 24.2 Å². The molecule has 0 saturated carbocycles. The number of rotatable bonds is 6. The smallest absolute Gasteiger partial charge is 0.227 e. The molecule has 5 nitrogen and oxygen atoms in total. The lowest BCUT2D eigenvalue weighted by molar-refractivity contribution is -0.126. The van der Waals surface area contributed by atoms with Gasteiger partial charge in [-0.3, -0.25) is 9.59 Å². The molecule has 5 heteroatoms. The molecule has 2 amide bonds. The van der Waals surface area contributed by atoms with E-state index < -0.39 is 0 Å². The molecular weight excluding hydrogens is 328 g/mol. The first-order chi connectivity index (χ1) is 12.6. The molecule has 0 radical (unpaired) electrons. The van der Waals surface area contributed by atoms with Gasteiger partial charge in [0.1, 0.15) is 5.75 Å². The average Bonchev–Trinajstić information content (AvgIpc) is 3.03. The molecule has 0 bridgehead atoms. The molecule has 2 aromatic carbocycles. The van der Waals surface area contributed by atoms with Gasteiger partial charge >= 0.3 is 0 Å². The molecule has 136 valence electrons. The number of carbonyl (C=O) groups excluding carboxylic acids is 2. The van der Waals surface area contributed by atoms with Crippen LogP contribution in [0.2, 0.25) is 0 Å². The van der Waals surface area contributed by atoms with Crippen molar-refractivity contribution in [2.75, 3.05) is 18.1 Å². The Morgan fingerprint density at radius 1 is 1.19 bits per heavy atom. The second-order valence-corrected chi connectivity index (χ2v) is 6.48. The van der Waals surface area contributed by atoms with Gasteiger partial charge in [0.25, 0.3) is 0 Å². The van der Waals surface area contributed by atoms with Gasteiger partial charge in [-0.2, -0.15) is 0 Å². The van der Waals surface area contributed by atoms with E-state index in [0.29, 0.717) is 19.7 Å². The van der Waals surface area contributed by atoms with E-state index in [0.717, 1.165) is 22.6 Å². The first kappa shape index (κ1) is 18.0. The lowest BCUT2D eigenvalue weighted by Gasteiger charge is -2.17. The fraction of sp³-hybridized carbons (Fsp3) is 0.333. The first-order valence-electron chi connectivity index (χ1n) is 8.94. The van der Waals surface area contributed by atoms with Crippen LogP contribution in [0.4, 0.5) is 5.69 Å². The summed E-state index contributed by atoms with van der Waals surface area (Å²) in [5, 5.41) is 2.96. The van der Waals surface area contributed by atoms with Crippen molar-refractivity contribution in [3.8, 4) is 5.75 Å². The Bertz CT molecular complexity index is 786. The zero-order valence-corrected chi connectivity index (χ0v) is 15.2. The topological polar surface area (TPSA) is 58.6 Å². The molecule has 1 aliphatic rings. The molecule has 1 saturated heterocycles. The second-order valence-electron chi connectivity index (χ2n) is 6.48. The Labute approximate surface area is 154 Å². The molecule has 1 N–H and O–H groups in total. The summed E-state index contributed by atoms with van der Waals surface area (Å²) >= 11 is 0. The highest BCUT2D eigenvalue weighted by atomic mass is 16.5. The summed E-state index contributed by atoms with van der Waals surface area (Å²) in [6.45, 7) is 5.45.